The molecule has 2 bridgehead atoms. The standard InChI is InChI=1S/C26H33N5O2/c1-4-32-16-33-22-14-19(27-2)11-12-21(22)25-23-17-7-9-18(10-8-17)24(23)26(30-29-25)28-20-6-5-13-31(3)15-20/h11-12,14,17-18,20H,4-10,13,15-16H2,1,3H3,(H,28,30)/t17?,18?,20-/m1/s1. The molecular formula is C26H33N5O2. The summed E-state index contributed by atoms with van der Waals surface area (Å²) in [5, 5.41) is 13.3. The Kier molecular flexibility index (Phi) is 6.48. The molecule has 4 aliphatic rings. The van der Waals surface area contributed by atoms with E-state index in [1.807, 2.05) is 19.1 Å². The molecule has 3 aliphatic carbocycles. The molecular weight excluding hydrogens is 414 g/mol. The van der Waals surface area contributed by atoms with E-state index < -0.39 is 0 Å². The van der Waals surface area contributed by atoms with E-state index in [0.29, 0.717) is 35.9 Å². The molecule has 0 unspecified atom stereocenters. The zero-order valence-corrected chi connectivity index (χ0v) is 19.6. The molecule has 2 heterocycles. The van der Waals surface area contributed by atoms with Crippen LogP contribution in [0.2, 0.25) is 0 Å². The lowest BCUT2D eigenvalue weighted by Gasteiger charge is -2.40. The smallest absolute Gasteiger partial charge is 0.190 e. The number of ether oxygens (including phenoxy) is 2. The second-order valence-electron chi connectivity index (χ2n) is 9.57. The van der Waals surface area contributed by atoms with Crippen LogP contribution in [-0.4, -0.2) is 54.7 Å². The Morgan fingerprint density at radius 1 is 1.12 bits per heavy atom. The molecule has 0 amide bonds. The summed E-state index contributed by atoms with van der Waals surface area (Å²) in [6, 6.07) is 6.01. The van der Waals surface area contributed by atoms with E-state index in [1.54, 1.807) is 6.07 Å². The predicted octanol–water partition coefficient (Wildman–Crippen LogP) is 5.33. The van der Waals surface area contributed by atoms with Gasteiger partial charge in [-0.3, -0.25) is 0 Å². The van der Waals surface area contributed by atoms with Crippen LogP contribution in [0.4, 0.5) is 11.5 Å². The van der Waals surface area contributed by atoms with Gasteiger partial charge >= 0.3 is 0 Å². The van der Waals surface area contributed by atoms with Crippen molar-refractivity contribution in [2.75, 3.05) is 38.9 Å². The van der Waals surface area contributed by atoms with Gasteiger partial charge in [0.1, 0.15) is 11.4 Å². The minimum Gasteiger partial charge on any atom is -0.468 e. The van der Waals surface area contributed by atoms with Crippen LogP contribution in [0.15, 0.2) is 18.2 Å². The van der Waals surface area contributed by atoms with Gasteiger partial charge in [0.15, 0.2) is 18.3 Å². The summed E-state index contributed by atoms with van der Waals surface area (Å²) >= 11 is 0. The molecule has 7 nitrogen and oxygen atoms in total. The van der Waals surface area contributed by atoms with Crippen molar-refractivity contribution in [2.24, 2.45) is 0 Å². The number of likely N-dealkylation sites (tertiary alicyclic amines) is 1. The third kappa shape index (κ3) is 4.42. The number of hydrogen-bond donors (Lipinski definition) is 1. The molecule has 174 valence electrons. The van der Waals surface area contributed by atoms with Gasteiger partial charge < -0.3 is 19.7 Å². The molecule has 1 atom stereocenters. The van der Waals surface area contributed by atoms with Crippen molar-refractivity contribution in [3.05, 3.63) is 40.7 Å². The van der Waals surface area contributed by atoms with Gasteiger partial charge in [0, 0.05) is 30.3 Å². The van der Waals surface area contributed by atoms with Crippen LogP contribution in [0, 0.1) is 6.57 Å². The number of piperidine rings is 1. The fourth-order valence-corrected chi connectivity index (χ4v) is 5.83. The first-order valence-electron chi connectivity index (χ1n) is 12.3. The van der Waals surface area contributed by atoms with Crippen molar-refractivity contribution in [1.29, 1.82) is 0 Å². The molecule has 1 aliphatic heterocycles. The van der Waals surface area contributed by atoms with Crippen molar-refractivity contribution in [3.63, 3.8) is 0 Å². The summed E-state index contributed by atoms with van der Waals surface area (Å²) in [5.74, 6) is 2.67. The van der Waals surface area contributed by atoms with Gasteiger partial charge in [-0.15, -0.1) is 10.2 Å². The van der Waals surface area contributed by atoms with E-state index >= 15 is 0 Å². The number of nitrogens with one attached hydrogen (secondary N) is 1. The Morgan fingerprint density at radius 3 is 2.64 bits per heavy atom. The molecule has 1 N–H and O–H groups in total. The molecule has 0 spiro atoms. The average molecular weight is 448 g/mol. The molecule has 1 saturated heterocycles. The van der Waals surface area contributed by atoms with Gasteiger partial charge in [0.2, 0.25) is 0 Å². The Labute approximate surface area is 196 Å². The maximum Gasteiger partial charge on any atom is 0.190 e. The van der Waals surface area contributed by atoms with E-state index in [2.05, 4.69) is 22.1 Å². The van der Waals surface area contributed by atoms with E-state index in [0.717, 1.165) is 30.2 Å². The summed E-state index contributed by atoms with van der Waals surface area (Å²) in [5.41, 5.74) is 5.08. The van der Waals surface area contributed by atoms with Gasteiger partial charge in [-0.2, -0.15) is 0 Å². The van der Waals surface area contributed by atoms with E-state index in [1.165, 1.54) is 49.7 Å². The molecule has 6 rings (SSSR count). The second kappa shape index (κ2) is 9.66. The lowest BCUT2D eigenvalue weighted by Crippen LogP contribution is -2.40. The molecule has 1 aromatic carbocycles. The molecule has 7 heteroatoms. The largest absolute Gasteiger partial charge is 0.468 e. The number of aromatic nitrogens is 2. The number of anilines is 1. The fraction of sp³-hybridized carbons (Fsp3) is 0.577. The molecule has 33 heavy (non-hydrogen) atoms. The highest BCUT2D eigenvalue weighted by molar-refractivity contribution is 5.76. The predicted molar refractivity (Wildman–Crippen MR) is 129 cm³/mol. The maximum absolute atomic E-state index is 7.41. The van der Waals surface area contributed by atoms with Crippen LogP contribution < -0.4 is 10.1 Å². The summed E-state index contributed by atoms with van der Waals surface area (Å²) in [6.45, 7) is 12.3. The van der Waals surface area contributed by atoms with Crippen LogP contribution in [0.1, 0.15) is 68.4 Å². The van der Waals surface area contributed by atoms with Crippen molar-refractivity contribution >= 4 is 11.5 Å². The Morgan fingerprint density at radius 2 is 1.91 bits per heavy atom. The highest BCUT2D eigenvalue weighted by Crippen LogP contribution is 2.54. The number of nitrogens with zero attached hydrogens (tertiary/aromatic N) is 4. The first kappa shape index (κ1) is 22.1. The van der Waals surface area contributed by atoms with Gasteiger partial charge in [-0.25, -0.2) is 4.85 Å². The lowest BCUT2D eigenvalue weighted by atomic mass is 9.66. The van der Waals surface area contributed by atoms with Gasteiger partial charge in [0.05, 0.1) is 6.57 Å². The number of benzene rings is 1. The lowest BCUT2D eigenvalue weighted by molar-refractivity contribution is 0.0228. The summed E-state index contributed by atoms with van der Waals surface area (Å²) < 4.78 is 11.4. The van der Waals surface area contributed by atoms with Crippen LogP contribution in [0.25, 0.3) is 16.1 Å². The van der Waals surface area contributed by atoms with Crippen molar-refractivity contribution in [1.82, 2.24) is 15.1 Å². The van der Waals surface area contributed by atoms with Crippen molar-refractivity contribution in [3.8, 4) is 17.0 Å². The molecule has 2 aromatic rings. The highest BCUT2D eigenvalue weighted by atomic mass is 16.7. The van der Waals surface area contributed by atoms with Crippen molar-refractivity contribution in [2.45, 2.75) is 63.3 Å². The highest BCUT2D eigenvalue weighted by Gasteiger charge is 2.39. The summed E-state index contributed by atoms with van der Waals surface area (Å²) in [4.78, 5) is 5.98. The molecule has 1 aromatic heterocycles. The van der Waals surface area contributed by atoms with Gasteiger partial charge in [-0.05, 0) is 82.5 Å². The summed E-state index contributed by atoms with van der Waals surface area (Å²) in [7, 11) is 2.19. The third-order valence-electron chi connectivity index (χ3n) is 7.41. The number of rotatable bonds is 7. The quantitative estimate of drug-likeness (QED) is 0.352. The van der Waals surface area contributed by atoms with Crippen LogP contribution >= 0.6 is 0 Å². The minimum absolute atomic E-state index is 0.154. The fourth-order valence-electron chi connectivity index (χ4n) is 5.83. The van der Waals surface area contributed by atoms with E-state index in [-0.39, 0.29) is 6.79 Å². The third-order valence-corrected chi connectivity index (χ3v) is 7.41. The van der Waals surface area contributed by atoms with Crippen LogP contribution in [0.3, 0.4) is 0 Å². The van der Waals surface area contributed by atoms with Gasteiger partial charge in [0.25, 0.3) is 0 Å². The zero-order valence-electron chi connectivity index (χ0n) is 19.6. The SMILES string of the molecule is [C-]#[N+]c1ccc(-c2nnc(N[C@@H]3CCCN(C)C3)c3c2C2CCC3CC2)c(OCOCC)c1. The van der Waals surface area contributed by atoms with E-state index in [4.69, 9.17) is 26.2 Å². The normalized spacial score (nSPS) is 24.2. The van der Waals surface area contributed by atoms with E-state index in [9.17, 15) is 0 Å². The minimum atomic E-state index is 0.154. The number of hydrogen-bond acceptors (Lipinski definition) is 6. The molecule has 1 saturated carbocycles. The Balaban J connectivity index is 1.56. The first-order chi connectivity index (χ1) is 16.2. The monoisotopic (exact) mass is 447 g/mol. The summed E-state index contributed by atoms with van der Waals surface area (Å²) in [6.07, 6.45) is 7.25. The molecule has 2 fully saturated rings. The number of likely N-dealkylation sites (N-methyl/N-ethyl adjacent to an activating group) is 1. The van der Waals surface area contributed by atoms with Gasteiger partial charge in [-0.1, -0.05) is 12.1 Å². The van der Waals surface area contributed by atoms with Crippen molar-refractivity contribution < 1.29 is 9.47 Å². The first-order valence-corrected chi connectivity index (χ1v) is 12.3. The molecule has 0 radical (unpaired) electrons. The Bertz CT molecular complexity index is 1040. The van der Waals surface area contributed by atoms with Crippen LogP contribution in [0.5, 0.6) is 5.75 Å². The maximum atomic E-state index is 7.41. The topological polar surface area (TPSA) is 63.9 Å². The number of fused-ring (bicyclic) bond motifs is 2. The average Bonchev–Trinajstić information content (AvgIpc) is 2.85. The zero-order chi connectivity index (χ0) is 22.8. The second-order valence-corrected chi connectivity index (χ2v) is 9.57. The Hall–Kier alpha value is -2.69. The van der Waals surface area contributed by atoms with Crippen LogP contribution in [-0.2, 0) is 4.74 Å².